The van der Waals surface area contributed by atoms with Gasteiger partial charge in [0, 0.05) is 5.71 Å². The molecule has 0 radical (unpaired) electrons. The smallest absolute Gasteiger partial charge is 0.0603 e. The van der Waals surface area contributed by atoms with Gasteiger partial charge in [0.1, 0.15) is 0 Å². The predicted molar refractivity (Wildman–Crippen MR) is 37.9 cm³/mol. The molecule has 0 amide bonds. The summed E-state index contributed by atoms with van der Waals surface area (Å²) in [7, 11) is 0. The average molecular weight is 134 g/mol. The topological polar surface area (TPSA) is 23.9 Å². The molecular formula is C6H12ClN. The molecule has 1 nitrogen and oxygen atoms in total. The molecule has 1 unspecified atom stereocenters. The Labute approximate surface area is 55.6 Å². The highest BCUT2D eigenvalue weighted by atomic mass is 35.5. The van der Waals surface area contributed by atoms with Crippen molar-refractivity contribution in [3.05, 3.63) is 0 Å². The zero-order chi connectivity index (χ0) is 6.57. The van der Waals surface area contributed by atoms with Crippen molar-refractivity contribution in [2.24, 2.45) is 5.92 Å². The van der Waals surface area contributed by atoms with E-state index in [4.69, 9.17) is 17.0 Å². The van der Waals surface area contributed by atoms with E-state index in [0.717, 1.165) is 6.42 Å². The molecule has 0 aromatic carbocycles. The number of rotatable bonds is 3. The van der Waals surface area contributed by atoms with E-state index in [1.54, 1.807) is 0 Å². The molecule has 2 heteroatoms. The van der Waals surface area contributed by atoms with Gasteiger partial charge in [0.2, 0.25) is 0 Å². The molecule has 0 bridgehead atoms. The quantitative estimate of drug-likeness (QED) is 0.451. The summed E-state index contributed by atoms with van der Waals surface area (Å²) in [4.78, 5) is 0. The second kappa shape index (κ2) is 3.90. The fraction of sp³-hybridized carbons (Fsp3) is 0.833. The van der Waals surface area contributed by atoms with Crippen LogP contribution in [0.15, 0.2) is 0 Å². The van der Waals surface area contributed by atoms with Crippen molar-refractivity contribution >= 4 is 17.3 Å². The monoisotopic (exact) mass is 133 g/mol. The van der Waals surface area contributed by atoms with Gasteiger partial charge in [-0.15, -0.1) is 11.6 Å². The van der Waals surface area contributed by atoms with E-state index in [-0.39, 0.29) is 0 Å². The molecule has 0 aliphatic rings. The van der Waals surface area contributed by atoms with E-state index in [1.807, 2.05) is 6.92 Å². The summed E-state index contributed by atoms with van der Waals surface area (Å²) >= 11 is 5.40. The van der Waals surface area contributed by atoms with Crippen molar-refractivity contribution in [2.45, 2.75) is 20.3 Å². The maximum atomic E-state index is 7.21. The van der Waals surface area contributed by atoms with E-state index < -0.39 is 0 Å². The highest BCUT2D eigenvalue weighted by molar-refractivity contribution is 6.28. The largest absolute Gasteiger partial charge is 0.308 e. The number of hydrogen-bond acceptors (Lipinski definition) is 1. The third kappa shape index (κ3) is 2.31. The summed E-state index contributed by atoms with van der Waals surface area (Å²) in [5.74, 6) is 0.752. The van der Waals surface area contributed by atoms with Crippen molar-refractivity contribution in [1.29, 1.82) is 5.41 Å². The zero-order valence-electron chi connectivity index (χ0n) is 5.37. The van der Waals surface area contributed by atoms with Crippen molar-refractivity contribution in [2.75, 3.05) is 5.88 Å². The van der Waals surface area contributed by atoms with Crippen LogP contribution in [0.4, 0.5) is 0 Å². The van der Waals surface area contributed by atoms with E-state index in [0.29, 0.717) is 17.5 Å². The summed E-state index contributed by atoms with van der Waals surface area (Å²) in [5.41, 5.74) is 0.647. The summed E-state index contributed by atoms with van der Waals surface area (Å²) in [6.07, 6.45) is 1.02. The maximum Gasteiger partial charge on any atom is 0.0603 e. The van der Waals surface area contributed by atoms with Crippen LogP contribution in [0.2, 0.25) is 0 Å². The lowest BCUT2D eigenvalue weighted by Gasteiger charge is -2.04. The molecule has 0 fully saturated rings. The second-order valence-electron chi connectivity index (χ2n) is 1.97. The summed E-state index contributed by atoms with van der Waals surface area (Å²) in [5, 5.41) is 7.21. The van der Waals surface area contributed by atoms with Crippen LogP contribution in [0.25, 0.3) is 0 Å². The Hall–Kier alpha value is -0.0400. The zero-order valence-corrected chi connectivity index (χ0v) is 6.13. The number of nitrogens with one attached hydrogen (secondary N) is 1. The van der Waals surface area contributed by atoms with Gasteiger partial charge in [-0.1, -0.05) is 13.8 Å². The SMILES string of the molecule is CCC(C)C(=N)CCl. The molecular weight excluding hydrogens is 122 g/mol. The molecule has 0 saturated heterocycles. The Balaban J connectivity index is 3.46. The Kier molecular flexibility index (Phi) is 3.88. The van der Waals surface area contributed by atoms with E-state index in [1.165, 1.54) is 0 Å². The van der Waals surface area contributed by atoms with E-state index in [2.05, 4.69) is 6.92 Å². The maximum absolute atomic E-state index is 7.21. The first kappa shape index (κ1) is 7.96. The molecule has 48 valence electrons. The normalized spacial score (nSPS) is 13.4. The molecule has 0 aromatic heterocycles. The van der Waals surface area contributed by atoms with Gasteiger partial charge in [0.25, 0.3) is 0 Å². The van der Waals surface area contributed by atoms with Gasteiger partial charge in [-0.25, -0.2) is 0 Å². The van der Waals surface area contributed by atoms with Crippen molar-refractivity contribution in [3.63, 3.8) is 0 Å². The summed E-state index contributed by atoms with van der Waals surface area (Å²) < 4.78 is 0. The first-order chi connectivity index (χ1) is 3.72. The first-order valence-electron chi connectivity index (χ1n) is 2.85. The van der Waals surface area contributed by atoms with Crippen LogP contribution in [0.5, 0.6) is 0 Å². The van der Waals surface area contributed by atoms with Crippen molar-refractivity contribution in [1.82, 2.24) is 0 Å². The summed E-state index contributed by atoms with van der Waals surface area (Å²) in [6.45, 7) is 4.08. The average Bonchev–Trinajstić information content (AvgIpc) is 1.84. The Morgan fingerprint density at radius 1 is 1.75 bits per heavy atom. The minimum Gasteiger partial charge on any atom is -0.308 e. The molecule has 0 saturated carbocycles. The third-order valence-electron chi connectivity index (χ3n) is 1.35. The fourth-order valence-electron chi connectivity index (χ4n) is 0.378. The molecule has 0 aromatic rings. The number of alkyl halides is 1. The van der Waals surface area contributed by atoms with Crippen molar-refractivity contribution in [3.8, 4) is 0 Å². The Bertz CT molecular complexity index is 80.6. The Morgan fingerprint density at radius 3 is 2.38 bits per heavy atom. The predicted octanol–water partition coefficient (Wildman–Crippen LogP) is 2.29. The van der Waals surface area contributed by atoms with Crippen LogP contribution in [-0.4, -0.2) is 11.6 Å². The lowest BCUT2D eigenvalue weighted by atomic mass is 10.1. The number of hydrogen-bond donors (Lipinski definition) is 1. The van der Waals surface area contributed by atoms with Gasteiger partial charge in [-0.3, -0.25) is 0 Å². The van der Waals surface area contributed by atoms with Crippen LogP contribution < -0.4 is 0 Å². The highest BCUT2D eigenvalue weighted by Gasteiger charge is 2.02. The minimum atomic E-state index is 0.368. The van der Waals surface area contributed by atoms with Gasteiger partial charge in [0.15, 0.2) is 0 Å². The second-order valence-corrected chi connectivity index (χ2v) is 2.24. The molecule has 0 heterocycles. The van der Waals surface area contributed by atoms with Crippen LogP contribution in [0.3, 0.4) is 0 Å². The van der Waals surface area contributed by atoms with Gasteiger partial charge < -0.3 is 5.41 Å². The molecule has 0 rings (SSSR count). The number of halogens is 1. The molecule has 0 aliphatic heterocycles. The van der Waals surface area contributed by atoms with Gasteiger partial charge in [-0.2, -0.15) is 0 Å². The minimum absolute atomic E-state index is 0.368. The van der Waals surface area contributed by atoms with Gasteiger partial charge in [-0.05, 0) is 12.3 Å². The molecule has 8 heavy (non-hydrogen) atoms. The van der Waals surface area contributed by atoms with Crippen LogP contribution in [0.1, 0.15) is 20.3 Å². The highest BCUT2D eigenvalue weighted by Crippen LogP contribution is 2.02. The van der Waals surface area contributed by atoms with Gasteiger partial charge in [0.05, 0.1) is 5.88 Å². The Morgan fingerprint density at radius 2 is 2.25 bits per heavy atom. The molecule has 0 spiro atoms. The molecule has 1 N–H and O–H groups in total. The van der Waals surface area contributed by atoms with Gasteiger partial charge >= 0.3 is 0 Å². The lowest BCUT2D eigenvalue weighted by Crippen LogP contribution is -2.09. The van der Waals surface area contributed by atoms with E-state index in [9.17, 15) is 0 Å². The van der Waals surface area contributed by atoms with Crippen molar-refractivity contribution < 1.29 is 0 Å². The van der Waals surface area contributed by atoms with E-state index >= 15 is 0 Å². The van der Waals surface area contributed by atoms with Crippen LogP contribution >= 0.6 is 11.6 Å². The first-order valence-corrected chi connectivity index (χ1v) is 3.39. The summed E-state index contributed by atoms with van der Waals surface area (Å²) in [6, 6.07) is 0. The standard InChI is InChI=1S/C6H12ClN/c1-3-5(2)6(8)4-7/h5,8H,3-4H2,1-2H3. The van der Waals surface area contributed by atoms with Crippen LogP contribution in [-0.2, 0) is 0 Å². The van der Waals surface area contributed by atoms with Crippen LogP contribution in [0, 0.1) is 11.3 Å². The fourth-order valence-corrected chi connectivity index (χ4v) is 0.642. The molecule has 0 aliphatic carbocycles. The molecule has 1 atom stereocenters. The third-order valence-corrected chi connectivity index (χ3v) is 1.64. The lowest BCUT2D eigenvalue weighted by molar-refractivity contribution is 0.732.